The van der Waals surface area contributed by atoms with E-state index in [4.69, 9.17) is 4.42 Å². The molecule has 38 heavy (non-hydrogen) atoms. The van der Waals surface area contributed by atoms with Gasteiger partial charge < -0.3 is 20.2 Å². The van der Waals surface area contributed by atoms with Crippen LogP contribution in [-0.4, -0.2) is 60.9 Å². The summed E-state index contributed by atoms with van der Waals surface area (Å²) in [5, 5.41) is 17.1. The Kier molecular flexibility index (Phi) is 8.49. The topological polar surface area (TPSA) is 129 Å². The predicted octanol–water partition coefficient (Wildman–Crippen LogP) is 3.05. The molecule has 1 aliphatic rings. The number of aliphatic hydroxyl groups is 1. The summed E-state index contributed by atoms with van der Waals surface area (Å²) in [5.74, 6) is -1.74. The lowest BCUT2D eigenvalue weighted by molar-refractivity contribution is -0.125. The molecule has 0 aliphatic carbocycles. The van der Waals surface area contributed by atoms with Gasteiger partial charge in [0.05, 0.1) is 12.1 Å². The van der Waals surface area contributed by atoms with Crippen LogP contribution in [0.5, 0.6) is 0 Å². The standard InChI is InChI=1S/C27H32FN3O6S/c1-17(2)14-21(30-27(34)24-15-18-8-3-5-11-23(18)37-24)26(33)29-20-10-7-13-31(16-22(20)32)38(35,36)25-12-6-4-9-19(25)28/h3-6,8-9,11-12,15,17,20-22,32H,7,10,13-14,16H2,1-2H3,(H,29,33)(H,30,34)/t20?,21-,22?/m0/s1. The van der Waals surface area contributed by atoms with Crippen molar-refractivity contribution < 1.29 is 31.9 Å². The highest BCUT2D eigenvalue weighted by atomic mass is 32.2. The minimum atomic E-state index is -4.17. The Morgan fingerprint density at radius 2 is 1.87 bits per heavy atom. The van der Waals surface area contributed by atoms with Crippen molar-refractivity contribution in [3.63, 3.8) is 0 Å². The molecular weight excluding hydrogens is 513 g/mol. The van der Waals surface area contributed by atoms with E-state index >= 15 is 0 Å². The molecule has 2 aromatic carbocycles. The van der Waals surface area contributed by atoms with Gasteiger partial charge in [-0.05, 0) is 49.4 Å². The summed E-state index contributed by atoms with van der Waals surface area (Å²) in [6.45, 7) is 3.60. The minimum Gasteiger partial charge on any atom is -0.451 e. The highest BCUT2D eigenvalue weighted by molar-refractivity contribution is 7.89. The van der Waals surface area contributed by atoms with Crippen molar-refractivity contribution in [2.24, 2.45) is 5.92 Å². The molecular formula is C27H32FN3O6S. The molecule has 0 saturated carbocycles. The molecule has 3 aromatic rings. The van der Waals surface area contributed by atoms with Crippen LogP contribution in [-0.2, 0) is 14.8 Å². The average Bonchev–Trinajstić information content (AvgIpc) is 3.22. The van der Waals surface area contributed by atoms with Crippen molar-refractivity contribution in [1.29, 1.82) is 0 Å². The molecule has 1 saturated heterocycles. The number of nitrogens with one attached hydrogen (secondary N) is 2. The number of nitrogens with zero attached hydrogens (tertiary/aromatic N) is 1. The first kappa shape index (κ1) is 27.7. The number of carbonyl (C=O) groups is 2. The smallest absolute Gasteiger partial charge is 0.287 e. The number of halogens is 1. The Hall–Kier alpha value is -3.28. The van der Waals surface area contributed by atoms with Gasteiger partial charge in [-0.3, -0.25) is 9.59 Å². The summed E-state index contributed by atoms with van der Waals surface area (Å²) in [4.78, 5) is 25.7. The molecule has 11 heteroatoms. The summed E-state index contributed by atoms with van der Waals surface area (Å²) >= 11 is 0. The Morgan fingerprint density at radius 1 is 1.16 bits per heavy atom. The Bertz CT molecular complexity index is 1370. The van der Waals surface area contributed by atoms with Crippen LogP contribution >= 0.6 is 0 Å². The van der Waals surface area contributed by atoms with E-state index in [0.717, 1.165) is 15.8 Å². The Morgan fingerprint density at radius 3 is 2.58 bits per heavy atom. The van der Waals surface area contributed by atoms with Gasteiger partial charge in [-0.25, -0.2) is 12.8 Å². The lowest BCUT2D eigenvalue weighted by atomic mass is 10.0. The summed E-state index contributed by atoms with van der Waals surface area (Å²) in [7, 11) is -4.17. The molecule has 3 N–H and O–H groups in total. The number of sulfonamides is 1. The van der Waals surface area contributed by atoms with Crippen molar-refractivity contribution in [3.8, 4) is 0 Å². The molecule has 2 amide bonds. The largest absolute Gasteiger partial charge is 0.451 e. The van der Waals surface area contributed by atoms with Gasteiger partial charge in [0.1, 0.15) is 22.3 Å². The molecule has 1 aromatic heterocycles. The summed E-state index contributed by atoms with van der Waals surface area (Å²) < 4.78 is 46.9. The zero-order valence-electron chi connectivity index (χ0n) is 21.3. The highest BCUT2D eigenvalue weighted by Gasteiger charge is 2.35. The number of amides is 2. The van der Waals surface area contributed by atoms with Gasteiger partial charge in [-0.2, -0.15) is 4.31 Å². The number of furan rings is 1. The first-order valence-corrected chi connectivity index (χ1v) is 14.0. The number of hydrogen-bond acceptors (Lipinski definition) is 6. The lowest BCUT2D eigenvalue weighted by Gasteiger charge is -2.27. The number of carbonyl (C=O) groups excluding carboxylic acids is 2. The monoisotopic (exact) mass is 545 g/mol. The van der Waals surface area contributed by atoms with Gasteiger partial charge in [0.2, 0.25) is 15.9 Å². The number of aliphatic hydroxyl groups excluding tert-OH is 1. The first-order valence-electron chi connectivity index (χ1n) is 12.6. The average molecular weight is 546 g/mol. The molecule has 0 bridgehead atoms. The molecule has 3 atom stereocenters. The third kappa shape index (κ3) is 6.23. The van der Waals surface area contributed by atoms with E-state index in [1.165, 1.54) is 18.2 Å². The van der Waals surface area contributed by atoms with Crippen LogP contribution < -0.4 is 10.6 Å². The van der Waals surface area contributed by atoms with Crippen molar-refractivity contribution >= 4 is 32.8 Å². The number of fused-ring (bicyclic) bond motifs is 1. The van der Waals surface area contributed by atoms with Crippen molar-refractivity contribution in [1.82, 2.24) is 14.9 Å². The fourth-order valence-electron chi connectivity index (χ4n) is 4.60. The van der Waals surface area contributed by atoms with Crippen LogP contribution in [0.3, 0.4) is 0 Å². The number of hydrogen-bond donors (Lipinski definition) is 3. The van der Waals surface area contributed by atoms with Gasteiger partial charge in [-0.15, -0.1) is 0 Å². The molecule has 2 unspecified atom stereocenters. The van der Waals surface area contributed by atoms with Gasteiger partial charge in [0, 0.05) is 18.5 Å². The van der Waals surface area contributed by atoms with E-state index in [1.807, 2.05) is 26.0 Å². The maximum Gasteiger partial charge on any atom is 0.287 e. The number of rotatable bonds is 8. The lowest BCUT2D eigenvalue weighted by Crippen LogP contribution is -2.54. The molecule has 204 valence electrons. The van der Waals surface area contributed by atoms with Crippen LogP contribution in [0.4, 0.5) is 4.39 Å². The van der Waals surface area contributed by atoms with Crippen molar-refractivity contribution in [3.05, 3.63) is 66.2 Å². The molecule has 0 spiro atoms. The first-order chi connectivity index (χ1) is 18.1. The summed E-state index contributed by atoms with van der Waals surface area (Å²) in [5.41, 5.74) is 0.555. The summed E-state index contributed by atoms with van der Waals surface area (Å²) in [6, 6.07) is 12.2. The predicted molar refractivity (Wildman–Crippen MR) is 139 cm³/mol. The fourth-order valence-corrected chi connectivity index (χ4v) is 6.16. The second-order valence-corrected chi connectivity index (χ2v) is 11.8. The van der Waals surface area contributed by atoms with Crippen LogP contribution in [0, 0.1) is 11.7 Å². The fraction of sp³-hybridized carbons (Fsp3) is 0.407. The molecule has 1 aliphatic heterocycles. The third-order valence-electron chi connectivity index (χ3n) is 6.54. The SMILES string of the molecule is CC(C)C[C@H](NC(=O)c1cc2ccccc2o1)C(=O)NC1CCCN(S(=O)(=O)c2ccccc2F)CC1O. The molecule has 9 nitrogen and oxygen atoms in total. The zero-order chi connectivity index (χ0) is 27.4. The highest BCUT2D eigenvalue weighted by Crippen LogP contribution is 2.23. The zero-order valence-corrected chi connectivity index (χ0v) is 22.1. The molecule has 2 heterocycles. The van der Waals surface area contributed by atoms with Crippen LogP contribution in [0.1, 0.15) is 43.7 Å². The summed E-state index contributed by atoms with van der Waals surface area (Å²) in [6.07, 6.45) is -0.236. The van der Waals surface area contributed by atoms with Crippen molar-refractivity contribution in [2.75, 3.05) is 13.1 Å². The van der Waals surface area contributed by atoms with E-state index in [1.54, 1.807) is 18.2 Å². The van der Waals surface area contributed by atoms with Crippen LogP contribution in [0.2, 0.25) is 0 Å². The molecule has 4 rings (SSSR count). The maximum atomic E-state index is 14.2. The van der Waals surface area contributed by atoms with E-state index in [0.29, 0.717) is 24.8 Å². The van der Waals surface area contributed by atoms with Gasteiger partial charge in [0.15, 0.2) is 5.76 Å². The van der Waals surface area contributed by atoms with Crippen molar-refractivity contribution in [2.45, 2.75) is 56.2 Å². The van der Waals surface area contributed by atoms with E-state index in [9.17, 15) is 27.5 Å². The van der Waals surface area contributed by atoms with Crippen LogP contribution in [0.15, 0.2) is 63.9 Å². The van der Waals surface area contributed by atoms with Crippen LogP contribution in [0.25, 0.3) is 11.0 Å². The maximum absolute atomic E-state index is 14.2. The number of benzene rings is 2. The Labute approximate surface area is 221 Å². The second kappa shape index (κ2) is 11.6. The van der Waals surface area contributed by atoms with Gasteiger partial charge in [0.25, 0.3) is 5.91 Å². The number of para-hydroxylation sites is 1. The minimum absolute atomic E-state index is 0.0678. The van der Waals surface area contributed by atoms with Gasteiger partial charge in [-0.1, -0.05) is 44.2 Å². The van der Waals surface area contributed by atoms with E-state index < -0.39 is 50.7 Å². The molecule has 0 radical (unpaired) electrons. The van der Waals surface area contributed by atoms with E-state index in [-0.39, 0.29) is 24.8 Å². The normalized spacial score (nSPS) is 19.7. The quantitative estimate of drug-likeness (QED) is 0.399. The number of β-amino-alcohol motifs (C(OH)–C–C–N with tert-alkyl or cyclic N) is 1. The van der Waals surface area contributed by atoms with E-state index in [2.05, 4.69) is 10.6 Å². The van der Waals surface area contributed by atoms with Gasteiger partial charge >= 0.3 is 0 Å². The third-order valence-corrected chi connectivity index (χ3v) is 8.44. The molecule has 1 fully saturated rings. The second-order valence-electron chi connectivity index (χ2n) is 9.92. The Balaban J connectivity index is 1.44.